The molecule has 1 unspecified atom stereocenters. The molecule has 3 rings (SSSR count). The Labute approximate surface area is 102 Å². The molecule has 17 heavy (non-hydrogen) atoms. The molecule has 2 heterocycles. The summed E-state index contributed by atoms with van der Waals surface area (Å²) in [6.45, 7) is 0. The third-order valence-electron chi connectivity index (χ3n) is 2.71. The number of rotatable bonds is 2. The zero-order valence-corrected chi connectivity index (χ0v) is 9.82. The minimum atomic E-state index is -0.935. The van der Waals surface area contributed by atoms with E-state index in [0.29, 0.717) is 0 Å². The molecule has 1 aromatic rings. The van der Waals surface area contributed by atoms with Crippen LogP contribution in [0.15, 0.2) is 35.0 Å². The van der Waals surface area contributed by atoms with Gasteiger partial charge in [-0.3, -0.25) is 0 Å². The fourth-order valence-electron chi connectivity index (χ4n) is 1.90. The number of methoxy groups -OCH3 is 1. The number of carboxylic acid groups (broad SMARTS) is 1. The Morgan fingerprint density at radius 3 is 3.12 bits per heavy atom. The van der Waals surface area contributed by atoms with Gasteiger partial charge in [-0.1, -0.05) is 11.8 Å². The zero-order valence-electron chi connectivity index (χ0n) is 9.01. The number of aliphatic carboxylic acids is 1. The predicted molar refractivity (Wildman–Crippen MR) is 64.0 cm³/mol. The molecule has 0 amide bonds. The van der Waals surface area contributed by atoms with Gasteiger partial charge >= 0.3 is 5.97 Å². The first kappa shape index (κ1) is 10.3. The first-order chi connectivity index (χ1) is 8.19. The third kappa shape index (κ3) is 1.52. The quantitative estimate of drug-likeness (QED) is 0.827. The largest absolute Gasteiger partial charge is 0.497 e. The zero-order chi connectivity index (χ0) is 12.0. The molecule has 1 aromatic carbocycles. The van der Waals surface area contributed by atoms with E-state index in [1.54, 1.807) is 25.1 Å². The maximum atomic E-state index is 10.9. The van der Waals surface area contributed by atoms with Gasteiger partial charge in [0.1, 0.15) is 11.4 Å². The van der Waals surface area contributed by atoms with Crippen LogP contribution in [0.4, 0.5) is 5.69 Å². The van der Waals surface area contributed by atoms with Crippen molar-refractivity contribution in [2.45, 2.75) is 10.4 Å². The minimum absolute atomic E-state index is 0.0665. The highest BCUT2D eigenvalue weighted by Gasteiger charge is 2.35. The Morgan fingerprint density at radius 1 is 1.59 bits per heavy atom. The molecule has 0 aromatic heterocycles. The van der Waals surface area contributed by atoms with Gasteiger partial charge < -0.3 is 20.1 Å². The molecule has 88 valence electrons. The molecule has 0 aliphatic carbocycles. The molecule has 0 fully saturated rings. The number of fused-ring (bicyclic) bond motifs is 3. The standard InChI is InChI=1S/C11H10N2O3S/c1-16-6-2-3-8-9(4-6)17-11-12-7(10(14)15)5-13(8)11/h2-5,11-12H,1H3,(H,14,15). The van der Waals surface area contributed by atoms with Crippen molar-refractivity contribution in [3.63, 3.8) is 0 Å². The second-order valence-corrected chi connectivity index (χ2v) is 4.83. The number of nitrogens with one attached hydrogen (secondary N) is 1. The molecule has 1 atom stereocenters. The van der Waals surface area contributed by atoms with E-state index in [2.05, 4.69) is 5.32 Å². The molecule has 5 nitrogen and oxygen atoms in total. The summed E-state index contributed by atoms with van der Waals surface area (Å²) in [5.74, 6) is -0.130. The highest BCUT2D eigenvalue weighted by molar-refractivity contribution is 8.00. The summed E-state index contributed by atoms with van der Waals surface area (Å²) >= 11 is 1.58. The van der Waals surface area contributed by atoms with Gasteiger partial charge in [0.2, 0.25) is 0 Å². The first-order valence-electron chi connectivity index (χ1n) is 5.04. The van der Waals surface area contributed by atoms with Crippen molar-refractivity contribution in [3.8, 4) is 5.75 Å². The van der Waals surface area contributed by atoms with E-state index in [1.807, 2.05) is 23.1 Å². The van der Waals surface area contributed by atoms with Crippen LogP contribution in [0.5, 0.6) is 5.75 Å². The average molecular weight is 250 g/mol. The van der Waals surface area contributed by atoms with Gasteiger partial charge in [0.25, 0.3) is 0 Å². The summed E-state index contributed by atoms with van der Waals surface area (Å²) in [4.78, 5) is 13.9. The Kier molecular flexibility index (Phi) is 2.19. The lowest BCUT2D eigenvalue weighted by molar-refractivity contribution is -0.133. The van der Waals surface area contributed by atoms with Gasteiger partial charge in [0.05, 0.1) is 12.8 Å². The number of hydrogen-bond donors (Lipinski definition) is 2. The van der Waals surface area contributed by atoms with Crippen LogP contribution in [0.25, 0.3) is 0 Å². The summed E-state index contributed by atoms with van der Waals surface area (Å²) in [5, 5.41) is 11.9. The number of carboxylic acids is 1. The van der Waals surface area contributed by atoms with E-state index < -0.39 is 5.97 Å². The van der Waals surface area contributed by atoms with Crippen LogP contribution >= 0.6 is 11.8 Å². The van der Waals surface area contributed by atoms with Crippen molar-refractivity contribution in [2.75, 3.05) is 12.0 Å². The maximum Gasteiger partial charge on any atom is 0.353 e. The smallest absolute Gasteiger partial charge is 0.353 e. The lowest BCUT2D eigenvalue weighted by Crippen LogP contribution is -2.30. The molecule has 6 heteroatoms. The van der Waals surface area contributed by atoms with E-state index in [-0.39, 0.29) is 11.2 Å². The van der Waals surface area contributed by atoms with Gasteiger partial charge in [-0.2, -0.15) is 0 Å². The van der Waals surface area contributed by atoms with Crippen molar-refractivity contribution < 1.29 is 14.6 Å². The number of thioether (sulfide) groups is 1. The normalized spacial score (nSPS) is 20.4. The molecule has 0 saturated carbocycles. The van der Waals surface area contributed by atoms with E-state index in [0.717, 1.165) is 16.3 Å². The average Bonchev–Trinajstić information content (AvgIpc) is 2.84. The van der Waals surface area contributed by atoms with Crippen LogP contribution in [-0.2, 0) is 4.79 Å². The lowest BCUT2D eigenvalue weighted by atomic mass is 10.3. The molecule has 0 radical (unpaired) electrons. The van der Waals surface area contributed by atoms with Crippen molar-refractivity contribution in [1.29, 1.82) is 0 Å². The monoisotopic (exact) mass is 250 g/mol. The Bertz CT molecular complexity index is 529. The van der Waals surface area contributed by atoms with Gasteiger partial charge in [-0.05, 0) is 18.2 Å². The lowest BCUT2D eigenvalue weighted by Gasteiger charge is -2.15. The van der Waals surface area contributed by atoms with E-state index >= 15 is 0 Å². The molecule has 2 aliphatic rings. The maximum absolute atomic E-state index is 10.9. The van der Waals surface area contributed by atoms with Crippen LogP contribution in [-0.4, -0.2) is 23.7 Å². The topological polar surface area (TPSA) is 61.8 Å². The number of anilines is 1. The number of carbonyl (C=O) groups is 1. The Balaban J connectivity index is 1.97. The van der Waals surface area contributed by atoms with Crippen molar-refractivity contribution in [1.82, 2.24) is 5.32 Å². The van der Waals surface area contributed by atoms with Gasteiger partial charge in [0.15, 0.2) is 5.50 Å². The van der Waals surface area contributed by atoms with Crippen LogP contribution < -0.4 is 15.0 Å². The van der Waals surface area contributed by atoms with Crippen molar-refractivity contribution in [3.05, 3.63) is 30.1 Å². The SMILES string of the molecule is COc1ccc2c(c1)SC1NC(C(=O)O)=CN21. The van der Waals surface area contributed by atoms with Gasteiger partial charge in [-0.15, -0.1) is 0 Å². The van der Waals surface area contributed by atoms with E-state index in [1.165, 1.54) is 0 Å². The molecule has 0 spiro atoms. The number of nitrogens with zero attached hydrogens (tertiary/aromatic N) is 1. The van der Waals surface area contributed by atoms with Crippen LogP contribution in [0.2, 0.25) is 0 Å². The van der Waals surface area contributed by atoms with Crippen LogP contribution in [0.1, 0.15) is 0 Å². The van der Waals surface area contributed by atoms with Gasteiger partial charge in [-0.25, -0.2) is 4.79 Å². The Morgan fingerprint density at radius 2 is 2.41 bits per heavy atom. The number of benzene rings is 1. The first-order valence-corrected chi connectivity index (χ1v) is 5.91. The van der Waals surface area contributed by atoms with E-state index in [9.17, 15) is 4.79 Å². The molecule has 2 N–H and O–H groups in total. The molecule has 2 aliphatic heterocycles. The molecular formula is C11H10N2O3S. The summed E-state index contributed by atoms with van der Waals surface area (Å²) in [7, 11) is 1.63. The summed E-state index contributed by atoms with van der Waals surface area (Å²) in [5.41, 5.74) is 1.16. The third-order valence-corrected chi connectivity index (χ3v) is 3.86. The van der Waals surface area contributed by atoms with E-state index in [4.69, 9.17) is 9.84 Å². The van der Waals surface area contributed by atoms with Crippen molar-refractivity contribution >= 4 is 23.4 Å². The van der Waals surface area contributed by atoms with Crippen LogP contribution in [0, 0.1) is 0 Å². The van der Waals surface area contributed by atoms with Crippen LogP contribution in [0.3, 0.4) is 0 Å². The Hall–Kier alpha value is -1.82. The number of hydrogen-bond acceptors (Lipinski definition) is 5. The second kappa shape index (κ2) is 3.59. The summed E-state index contributed by atoms with van der Waals surface area (Å²) in [6, 6.07) is 5.76. The molecular weight excluding hydrogens is 240 g/mol. The summed E-state index contributed by atoms with van der Waals surface area (Å²) in [6.07, 6.45) is 1.62. The second-order valence-electron chi connectivity index (χ2n) is 3.70. The molecule has 0 saturated heterocycles. The van der Waals surface area contributed by atoms with Crippen molar-refractivity contribution in [2.24, 2.45) is 0 Å². The van der Waals surface area contributed by atoms with Gasteiger partial charge in [0, 0.05) is 11.1 Å². The minimum Gasteiger partial charge on any atom is -0.497 e. The number of ether oxygens (including phenoxy) is 1. The predicted octanol–water partition coefficient (Wildman–Crippen LogP) is 1.42. The fraction of sp³-hybridized carbons (Fsp3) is 0.182. The fourth-order valence-corrected chi connectivity index (χ4v) is 3.09. The highest BCUT2D eigenvalue weighted by atomic mass is 32.2. The highest BCUT2D eigenvalue weighted by Crippen LogP contribution is 2.46. The molecule has 0 bridgehead atoms. The summed E-state index contributed by atoms with van der Waals surface area (Å²) < 4.78 is 5.16.